The molecule has 0 spiro atoms. The first-order valence-electron chi connectivity index (χ1n) is 7.27. The summed E-state index contributed by atoms with van der Waals surface area (Å²) in [4.78, 5) is 17.6. The molecule has 0 saturated carbocycles. The molecule has 2 heterocycles. The molecule has 0 aliphatic carbocycles. The quantitative estimate of drug-likeness (QED) is 0.800. The van der Waals surface area contributed by atoms with Crippen LogP contribution < -0.4 is 5.56 Å². The van der Waals surface area contributed by atoms with Gasteiger partial charge in [-0.15, -0.1) is 11.6 Å². The first kappa shape index (κ1) is 14.5. The van der Waals surface area contributed by atoms with Gasteiger partial charge in [0.2, 0.25) is 0 Å². The smallest absolute Gasteiger partial charge is 0.261 e. The Kier molecular flexibility index (Phi) is 3.76. The van der Waals surface area contributed by atoms with E-state index in [1.807, 2.05) is 31.2 Å². The van der Waals surface area contributed by atoms with Crippen molar-refractivity contribution in [3.63, 3.8) is 0 Å². The number of benzene rings is 1. The Balaban J connectivity index is 2.31. The van der Waals surface area contributed by atoms with Crippen LogP contribution in [0.15, 0.2) is 29.1 Å². The van der Waals surface area contributed by atoms with E-state index in [-0.39, 0.29) is 16.5 Å². The van der Waals surface area contributed by atoms with Crippen molar-refractivity contribution in [3.05, 3.63) is 40.4 Å². The zero-order valence-corrected chi connectivity index (χ0v) is 13.1. The zero-order valence-electron chi connectivity index (χ0n) is 12.3. The summed E-state index contributed by atoms with van der Waals surface area (Å²) in [6.45, 7) is 5.27. The normalized spacial score (nSPS) is 19.6. The third-order valence-corrected chi connectivity index (χ3v) is 4.46. The predicted octanol–water partition coefficient (Wildman–Crippen LogP) is 3.22. The Morgan fingerprint density at radius 3 is 2.67 bits per heavy atom. The predicted molar refractivity (Wildman–Crippen MR) is 84.0 cm³/mol. The fraction of sp³-hybridized carbons (Fsp3) is 0.500. The molecule has 3 rings (SSSR count). The van der Waals surface area contributed by atoms with E-state index in [9.17, 15) is 4.79 Å². The highest BCUT2D eigenvalue weighted by molar-refractivity contribution is 6.20. The molecule has 5 heteroatoms. The Labute approximate surface area is 128 Å². The van der Waals surface area contributed by atoms with E-state index in [1.54, 1.807) is 4.57 Å². The number of hydrogen-bond donors (Lipinski definition) is 0. The monoisotopic (exact) mass is 306 g/mol. The van der Waals surface area contributed by atoms with Crippen molar-refractivity contribution in [2.75, 3.05) is 13.2 Å². The highest BCUT2D eigenvalue weighted by Crippen LogP contribution is 2.31. The largest absolute Gasteiger partial charge is 0.381 e. The van der Waals surface area contributed by atoms with Gasteiger partial charge in [0.05, 0.1) is 21.8 Å². The average Bonchev–Trinajstić information content (AvgIpc) is 2.47. The number of hydrogen-bond acceptors (Lipinski definition) is 3. The first-order chi connectivity index (χ1) is 10.0. The van der Waals surface area contributed by atoms with Gasteiger partial charge in [0.15, 0.2) is 0 Å². The third-order valence-electron chi connectivity index (χ3n) is 4.27. The number of nitrogens with zero attached hydrogens (tertiary/aromatic N) is 2. The summed E-state index contributed by atoms with van der Waals surface area (Å²) in [6, 6.07) is 7.44. The van der Waals surface area contributed by atoms with Crippen LogP contribution in [0.4, 0.5) is 0 Å². The second kappa shape index (κ2) is 5.43. The lowest BCUT2D eigenvalue weighted by atomic mass is 9.91. The Hall–Kier alpha value is -1.39. The number of alkyl halides is 1. The summed E-state index contributed by atoms with van der Waals surface area (Å²) in [5.74, 6) is 0.643. The molecule has 1 atom stereocenters. The molecule has 1 unspecified atom stereocenters. The number of ether oxygens (including phenoxy) is 1. The van der Waals surface area contributed by atoms with Gasteiger partial charge in [-0.3, -0.25) is 9.36 Å². The van der Waals surface area contributed by atoms with Crippen molar-refractivity contribution < 1.29 is 4.74 Å². The van der Waals surface area contributed by atoms with Crippen LogP contribution in [0.3, 0.4) is 0 Å². The van der Waals surface area contributed by atoms with Crippen LogP contribution >= 0.6 is 11.6 Å². The molecule has 1 fully saturated rings. The van der Waals surface area contributed by atoms with E-state index in [1.165, 1.54) is 0 Å². The first-order valence-corrected chi connectivity index (χ1v) is 7.70. The fourth-order valence-electron chi connectivity index (χ4n) is 2.97. The molecule has 21 heavy (non-hydrogen) atoms. The second-order valence-corrected chi connectivity index (χ2v) is 6.51. The fourth-order valence-corrected chi connectivity index (χ4v) is 3.12. The van der Waals surface area contributed by atoms with Gasteiger partial charge in [-0.1, -0.05) is 12.1 Å². The maximum Gasteiger partial charge on any atom is 0.261 e. The molecule has 0 N–H and O–H groups in total. The molecular weight excluding hydrogens is 288 g/mol. The minimum absolute atomic E-state index is 0.00694. The summed E-state index contributed by atoms with van der Waals surface area (Å²) in [6.07, 6.45) is 1.59. The number of rotatable bonds is 2. The standard InChI is InChI=1S/C16H19ClN2O2/c1-11(17)14-18-13-6-4-3-5-12(13)15(20)19(14)16(2)7-9-21-10-8-16/h3-6,11H,7-10H2,1-2H3. The van der Waals surface area contributed by atoms with Crippen LogP contribution in [0.5, 0.6) is 0 Å². The molecule has 1 aromatic heterocycles. The molecule has 2 aromatic rings. The van der Waals surface area contributed by atoms with Crippen molar-refractivity contribution in [2.45, 2.75) is 37.6 Å². The van der Waals surface area contributed by atoms with E-state index in [0.717, 1.165) is 12.8 Å². The average molecular weight is 307 g/mol. The summed E-state index contributed by atoms with van der Waals surface area (Å²) in [5.41, 5.74) is 0.412. The molecule has 0 radical (unpaired) electrons. The molecule has 1 aliphatic rings. The number of halogens is 1. The van der Waals surface area contributed by atoms with Crippen molar-refractivity contribution in [1.29, 1.82) is 0 Å². The van der Waals surface area contributed by atoms with Gasteiger partial charge in [0, 0.05) is 13.2 Å². The highest BCUT2D eigenvalue weighted by atomic mass is 35.5. The molecule has 112 valence electrons. The van der Waals surface area contributed by atoms with Crippen molar-refractivity contribution in [3.8, 4) is 0 Å². The van der Waals surface area contributed by atoms with E-state index in [0.29, 0.717) is 29.9 Å². The molecule has 0 bridgehead atoms. The van der Waals surface area contributed by atoms with Crippen LogP contribution in [0, 0.1) is 0 Å². The van der Waals surface area contributed by atoms with Gasteiger partial charge >= 0.3 is 0 Å². The molecular formula is C16H19ClN2O2. The van der Waals surface area contributed by atoms with Gasteiger partial charge in [0.25, 0.3) is 5.56 Å². The maximum absolute atomic E-state index is 13.0. The van der Waals surface area contributed by atoms with Gasteiger partial charge in [-0.2, -0.15) is 0 Å². The Bertz CT molecular complexity index is 718. The highest BCUT2D eigenvalue weighted by Gasteiger charge is 2.33. The van der Waals surface area contributed by atoms with Gasteiger partial charge in [-0.25, -0.2) is 4.98 Å². The summed E-state index contributed by atoms with van der Waals surface area (Å²) in [5, 5.41) is 0.327. The van der Waals surface area contributed by atoms with Gasteiger partial charge < -0.3 is 4.74 Å². The van der Waals surface area contributed by atoms with Crippen LogP contribution in [-0.4, -0.2) is 22.8 Å². The lowest BCUT2D eigenvalue weighted by Crippen LogP contribution is -2.45. The van der Waals surface area contributed by atoms with Gasteiger partial charge in [0.1, 0.15) is 5.82 Å². The van der Waals surface area contributed by atoms with Crippen LogP contribution in [0.2, 0.25) is 0 Å². The molecule has 4 nitrogen and oxygen atoms in total. The SMILES string of the molecule is CC(Cl)c1nc2ccccc2c(=O)n1C1(C)CCOCC1. The number of aromatic nitrogens is 2. The number of para-hydroxylation sites is 1. The lowest BCUT2D eigenvalue weighted by molar-refractivity contribution is 0.0264. The van der Waals surface area contributed by atoms with Crippen LogP contribution in [-0.2, 0) is 10.3 Å². The summed E-state index contributed by atoms with van der Waals surface area (Å²) < 4.78 is 7.25. The third kappa shape index (κ3) is 2.47. The zero-order chi connectivity index (χ0) is 15.0. The lowest BCUT2D eigenvalue weighted by Gasteiger charge is -2.37. The second-order valence-electron chi connectivity index (χ2n) is 5.85. The minimum Gasteiger partial charge on any atom is -0.381 e. The summed E-state index contributed by atoms with van der Waals surface area (Å²) >= 11 is 6.31. The molecule has 1 aromatic carbocycles. The van der Waals surface area contributed by atoms with Crippen molar-refractivity contribution in [2.24, 2.45) is 0 Å². The van der Waals surface area contributed by atoms with Crippen molar-refractivity contribution in [1.82, 2.24) is 9.55 Å². The van der Waals surface area contributed by atoms with Crippen LogP contribution in [0.25, 0.3) is 10.9 Å². The topological polar surface area (TPSA) is 44.1 Å². The summed E-state index contributed by atoms with van der Waals surface area (Å²) in [7, 11) is 0. The van der Waals surface area contributed by atoms with Crippen LogP contribution in [0.1, 0.15) is 37.9 Å². The Morgan fingerprint density at radius 2 is 2.00 bits per heavy atom. The minimum atomic E-state index is -0.318. The van der Waals surface area contributed by atoms with Crippen molar-refractivity contribution >= 4 is 22.5 Å². The Morgan fingerprint density at radius 1 is 1.33 bits per heavy atom. The van der Waals surface area contributed by atoms with Gasteiger partial charge in [-0.05, 0) is 38.8 Å². The molecule has 0 amide bonds. The van der Waals surface area contributed by atoms with E-state index < -0.39 is 0 Å². The maximum atomic E-state index is 13.0. The number of fused-ring (bicyclic) bond motifs is 1. The van der Waals surface area contributed by atoms with E-state index in [2.05, 4.69) is 11.9 Å². The van der Waals surface area contributed by atoms with E-state index >= 15 is 0 Å². The molecule has 1 aliphatic heterocycles. The van der Waals surface area contributed by atoms with E-state index in [4.69, 9.17) is 16.3 Å². The molecule has 1 saturated heterocycles.